The Morgan fingerprint density at radius 2 is 1.74 bits per heavy atom. The smallest absolute Gasteiger partial charge is 0.160 e. The predicted octanol–water partition coefficient (Wildman–Crippen LogP) is 7.14. The summed E-state index contributed by atoms with van der Waals surface area (Å²) in [6.45, 7) is 6.71. The number of rotatable bonds is 10. The summed E-state index contributed by atoms with van der Waals surface area (Å²) < 4.78 is 0. The zero-order valence-corrected chi connectivity index (χ0v) is 16.9. The predicted molar refractivity (Wildman–Crippen MR) is 117 cm³/mol. The van der Waals surface area contributed by atoms with E-state index in [0.717, 1.165) is 17.5 Å². The van der Waals surface area contributed by atoms with E-state index >= 15 is 0 Å². The topological polar surface area (TPSA) is 17.1 Å². The highest BCUT2D eigenvalue weighted by Gasteiger charge is 2.07. The molecule has 0 heterocycles. The van der Waals surface area contributed by atoms with Crippen LogP contribution in [0.1, 0.15) is 69.1 Å². The Kier molecular flexibility index (Phi) is 8.77. The van der Waals surface area contributed by atoms with Gasteiger partial charge in [0.2, 0.25) is 0 Å². The molecule has 0 aliphatic rings. The lowest BCUT2D eigenvalue weighted by molar-refractivity contribution is -0.113. The molecular formula is C26H32O. The normalized spacial score (nSPS) is 13.1. The molecule has 2 aromatic carbocycles. The molecule has 0 bridgehead atoms. The fourth-order valence-electron chi connectivity index (χ4n) is 3.28. The molecule has 1 atom stereocenters. The number of hydrogen-bond acceptors (Lipinski definition) is 1. The SMILES string of the molecule is CC/C=C(\C)CCCC(C)c1ccc(CC(=O)/C=C/c2ccccc2)cc1. The number of hydrogen-bond donors (Lipinski definition) is 0. The van der Waals surface area contributed by atoms with Crippen molar-refractivity contribution in [1.29, 1.82) is 0 Å². The Bertz CT molecular complexity index is 751. The molecule has 1 nitrogen and oxygen atoms in total. The Hall–Kier alpha value is -2.41. The molecule has 0 saturated carbocycles. The second kappa shape index (κ2) is 11.3. The maximum absolute atomic E-state index is 12.2. The average Bonchev–Trinajstić information content (AvgIpc) is 2.68. The van der Waals surface area contributed by atoms with Gasteiger partial charge in [-0.3, -0.25) is 4.79 Å². The van der Waals surface area contributed by atoms with Crippen LogP contribution in [0.15, 0.2) is 72.3 Å². The van der Waals surface area contributed by atoms with Crippen molar-refractivity contribution < 1.29 is 4.79 Å². The van der Waals surface area contributed by atoms with Crippen molar-refractivity contribution in [2.75, 3.05) is 0 Å². The molecule has 27 heavy (non-hydrogen) atoms. The molecule has 0 aliphatic heterocycles. The average molecular weight is 361 g/mol. The number of benzene rings is 2. The second-order valence-corrected chi connectivity index (χ2v) is 7.38. The molecule has 1 heteroatoms. The van der Waals surface area contributed by atoms with Crippen molar-refractivity contribution >= 4 is 11.9 Å². The first-order chi connectivity index (χ1) is 13.1. The van der Waals surface area contributed by atoms with Crippen molar-refractivity contribution in [1.82, 2.24) is 0 Å². The maximum Gasteiger partial charge on any atom is 0.160 e. The van der Waals surface area contributed by atoms with Crippen molar-refractivity contribution in [2.24, 2.45) is 0 Å². The van der Waals surface area contributed by atoms with Crippen molar-refractivity contribution in [3.8, 4) is 0 Å². The van der Waals surface area contributed by atoms with E-state index in [1.165, 1.54) is 30.4 Å². The van der Waals surface area contributed by atoms with Gasteiger partial charge in [-0.2, -0.15) is 0 Å². The first-order valence-electron chi connectivity index (χ1n) is 10.1. The van der Waals surface area contributed by atoms with Crippen LogP contribution in [0.4, 0.5) is 0 Å². The lowest BCUT2D eigenvalue weighted by atomic mass is 9.93. The molecule has 142 valence electrons. The van der Waals surface area contributed by atoms with Gasteiger partial charge in [0.15, 0.2) is 5.78 Å². The third-order valence-electron chi connectivity index (χ3n) is 4.95. The molecule has 0 fully saturated rings. The zero-order chi connectivity index (χ0) is 19.5. The van der Waals surface area contributed by atoms with Crippen LogP contribution >= 0.6 is 0 Å². The minimum Gasteiger partial charge on any atom is -0.294 e. The molecule has 0 aliphatic carbocycles. The van der Waals surface area contributed by atoms with Gasteiger partial charge >= 0.3 is 0 Å². The van der Waals surface area contributed by atoms with Gasteiger partial charge in [0.25, 0.3) is 0 Å². The minimum atomic E-state index is 0.137. The summed E-state index contributed by atoms with van der Waals surface area (Å²) >= 11 is 0. The standard InChI is InChI=1S/C26H32O/c1-4-9-21(2)10-8-11-22(3)25-17-14-24(15-18-25)20-26(27)19-16-23-12-6-5-7-13-23/h5-7,9,12-19,22H,4,8,10-11,20H2,1-3H3/b19-16+,21-9+. The van der Waals surface area contributed by atoms with E-state index in [2.05, 4.69) is 51.1 Å². The Balaban J connectivity index is 1.82. The third kappa shape index (κ3) is 7.78. The fourth-order valence-corrected chi connectivity index (χ4v) is 3.28. The summed E-state index contributed by atoms with van der Waals surface area (Å²) in [4.78, 5) is 12.2. The van der Waals surface area contributed by atoms with Crippen LogP contribution in [0.3, 0.4) is 0 Å². The van der Waals surface area contributed by atoms with Crippen LogP contribution in [-0.2, 0) is 11.2 Å². The Morgan fingerprint density at radius 3 is 2.41 bits per heavy atom. The highest BCUT2D eigenvalue weighted by molar-refractivity contribution is 5.95. The zero-order valence-electron chi connectivity index (χ0n) is 16.9. The molecule has 2 aromatic rings. The summed E-state index contributed by atoms with van der Waals surface area (Å²) in [5.41, 5.74) is 5.00. The van der Waals surface area contributed by atoms with Gasteiger partial charge < -0.3 is 0 Å². The monoisotopic (exact) mass is 360 g/mol. The largest absolute Gasteiger partial charge is 0.294 e. The van der Waals surface area contributed by atoms with Crippen LogP contribution < -0.4 is 0 Å². The van der Waals surface area contributed by atoms with E-state index in [0.29, 0.717) is 12.3 Å². The summed E-state index contributed by atoms with van der Waals surface area (Å²) in [6, 6.07) is 18.5. The highest BCUT2D eigenvalue weighted by Crippen LogP contribution is 2.23. The van der Waals surface area contributed by atoms with Gasteiger partial charge in [-0.05, 0) is 61.3 Å². The molecule has 0 spiro atoms. The van der Waals surface area contributed by atoms with Crippen molar-refractivity contribution in [3.63, 3.8) is 0 Å². The third-order valence-corrected chi connectivity index (χ3v) is 4.95. The summed E-state index contributed by atoms with van der Waals surface area (Å²) in [6.07, 6.45) is 11.1. The molecule has 0 amide bonds. The van der Waals surface area contributed by atoms with Crippen LogP contribution in [0.5, 0.6) is 0 Å². The van der Waals surface area contributed by atoms with Crippen LogP contribution in [-0.4, -0.2) is 5.78 Å². The van der Waals surface area contributed by atoms with E-state index in [4.69, 9.17) is 0 Å². The lowest BCUT2D eigenvalue weighted by Crippen LogP contribution is -2.00. The lowest BCUT2D eigenvalue weighted by Gasteiger charge is -2.12. The van der Waals surface area contributed by atoms with Gasteiger partial charge in [-0.1, -0.05) is 86.2 Å². The van der Waals surface area contributed by atoms with Crippen LogP contribution in [0.2, 0.25) is 0 Å². The second-order valence-electron chi connectivity index (χ2n) is 7.38. The van der Waals surface area contributed by atoms with Gasteiger partial charge in [-0.15, -0.1) is 0 Å². The van der Waals surface area contributed by atoms with E-state index in [9.17, 15) is 4.79 Å². The van der Waals surface area contributed by atoms with Crippen molar-refractivity contribution in [3.05, 3.63) is 89.0 Å². The molecule has 2 rings (SSSR count). The molecule has 0 saturated heterocycles. The fraction of sp³-hybridized carbons (Fsp3) is 0.346. The summed E-state index contributed by atoms with van der Waals surface area (Å²) in [5.74, 6) is 0.694. The minimum absolute atomic E-state index is 0.137. The molecular weight excluding hydrogens is 328 g/mol. The molecule has 0 N–H and O–H groups in total. The quantitative estimate of drug-likeness (QED) is 0.325. The number of carbonyl (C=O) groups is 1. The Labute approximate surface area is 164 Å². The van der Waals surface area contributed by atoms with Gasteiger partial charge in [0.05, 0.1) is 0 Å². The number of allylic oxidation sites excluding steroid dienone is 3. The molecule has 0 radical (unpaired) electrons. The van der Waals surface area contributed by atoms with Gasteiger partial charge in [-0.25, -0.2) is 0 Å². The van der Waals surface area contributed by atoms with E-state index in [1.807, 2.05) is 36.4 Å². The maximum atomic E-state index is 12.2. The van der Waals surface area contributed by atoms with Crippen LogP contribution in [0.25, 0.3) is 6.08 Å². The first-order valence-corrected chi connectivity index (χ1v) is 10.1. The number of ketones is 1. The first kappa shape index (κ1) is 20.9. The van der Waals surface area contributed by atoms with E-state index in [1.54, 1.807) is 6.08 Å². The summed E-state index contributed by atoms with van der Waals surface area (Å²) in [7, 11) is 0. The van der Waals surface area contributed by atoms with Crippen molar-refractivity contribution in [2.45, 2.75) is 58.8 Å². The van der Waals surface area contributed by atoms with Crippen LogP contribution in [0, 0.1) is 0 Å². The Morgan fingerprint density at radius 1 is 1.04 bits per heavy atom. The highest BCUT2D eigenvalue weighted by atomic mass is 16.1. The molecule has 0 aromatic heterocycles. The van der Waals surface area contributed by atoms with Gasteiger partial charge in [0.1, 0.15) is 0 Å². The van der Waals surface area contributed by atoms with Gasteiger partial charge in [0, 0.05) is 6.42 Å². The van der Waals surface area contributed by atoms with E-state index < -0.39 is 0 Å². The molecule has 1 unspecified atom stereocenters. The number of carbonyl (C=O) groups excluding carboxylic acids is 1. The van der Waals surface area contributed by atoms with E-state index in [-0.39, 0.29) is 5.78 Å². The summed E-state index contributed by atoms with van der Waals surface area (Å²) in [5, 5.41) is 0.